The highest BCUT2D eigenvalue weighted by Gasteiger charge is 2.23. The molecule has 1 atom stereocenters. The van der Waals surface area contributed by atoms with Gasteiger partial charge < -0.3 is 20.9 Å². The number of halogens is 1. The van der Waals surface area contributed by atoms with E-state index in [4.69, 9.17) is 5.73 Å². The van der Waals surface area contributed by atoms with Crippen LogP contribution < -0.4 is 16.0 Å². The summed E-state index contributed by atoms with van der Waals surface area (Å²) in [4.78, 5) is 20.4. The van der Waals surface area contributed by atoms with Crippen molar-refractivity contribution in [1.82, 2.24) is 10.2 Å². The second kappa shape index (κ2) is 11.5. The Morgan fingerprint density at radius 1 is 1.12 bits per heavy atom. The Morgan fingerprint density at radius 2 is 1.88 bits per heavy atom. The van der Waals surface area contributed by atoms with Gasteiger partial charge in [0.25, 0.3) is 0 Å². The van der Waals surface area contributed by atoms with Crippen molar-refractivity contribution in [2.45, 2.75) is 38.8 Å². The number of benzene rings is 2. The van der Waals surface area contributed by atoms with Crippen LogP contribution >= 0.6 is 24.0 Å². The van der Waals surface area contributed by atoms with Crippen molar-refractivity contribution in [3.8, 4) is 0 Å². The van der Waals surface area contributed by atoms with Crippen LogP contribution in [0.15, 0.2) is 53.5 Å². The number of carbonyl (C=O) groups excluding carboxylic acids is 1. The van der Waals surface area contributed by atoms with Gasteiger partial charge in [-0.2, -0.15) is 0 Å². The van der Waals surface area contributed by atoms with Crippen LogP contribution in [0.4, 0.5) is 5.69 Å². The Labute approximate surface area is 208 Å². The first-order chi connectivity index (χ1) is 15.1. The lowest BCUT2D eigenvalue weighted by Crippen LogP contribution is -2.46. The number of piperidine rings is 1. The minimum Gasteiger partial charge on any atom is -0.370 e. The highest BCUT2D eigenvalue weighted by atomic mass is 127. The Hall–Kier alpha value is -2.29. The highest BCUT2D eigenvalue weighted by molar-refractivity contribution is 14.0. The molecule has 0 saturated carbocycles. The fourth-order valence-corrected chi connectivity index (χ4v) is 4.78. The molecule has 0 bridgehead atoms. The summed E-state index contributed by atoms with van der Waals surface area (Å²) in [6.07, 6.45) is 3.71. The van der Waals surface area contributed by atoms with Gasteiger partial charge in [-0.25, -0.2) is 0 Å². The number of nitrogens with two attached hydrogens (primary N) is 1. The molecule has 0 aromatic heterocycles. The van der Waals surface area contributed by atoms with Crippen LogP contribution in [0.1, 0.15) is 36.0 Å². The Balaban J connectivity index is 0.00000289. The molecule has 1 saturated heterocycles. The monoisotopic (exact) mass is 547 g/mol. The van der Waals surface area contributed by atoms with E-state index in [1.54, 1.807) is 0 Å². The average Bonchev–Trinajstić information content (AvgIpc) is 3.18. The minimum absolute atomic E-state index is 0. The van der Waals surface area contributed by atoms with Crippen LogP contribution in [0.2, 0.25) is 0 Å². The van der Waals surface area contributed by atoms with E-state index in [-0.39, 0.29) is 29.9 Å². The number of rotatable bonds is 6. The normalized spacial score (nSPS) is 18.2. The number of nitrogens with one attached hydrogen (secondary N) is 1. The molecule has 0 spiro atoms. The van der Waals surface area contributed by atoms with Crippen molar-refractivity contribution in [2.75, 3.05) is 31.6 Å². The van der Waals surface area contributed by atoms with E-state index in [1.807, 2.05) is 7.05 Å². The largest absolute Gasteiger partial charge is 0.370 e. The zero-order valence-electron chi connectivity index (χ0n) is 18.8. The van der Waals surface area contributed by atoms with Gasteiger partial charge in [-0.3, -0.25) is 9.79 Å². The number of anilines is 1. The second-order valence-electron chi connectivity index (χ2n) is 8.64. The molecule has 6 nitrogen and oxygen atoms in total. The van der Waals surface area contributed by atoms with Crippen molar-refractivity contribution in [2.24, 2.45) is 16.6 Å². The number of guanidine groups is 1. The van der Waals surface area contributed by atoms with Crippen LogP contribution in [-0.4, -0.2) is 43.4 Å². The number of primary amides is 1. The number of para-hydroxylation sites is 1. The molecule has 4 rings (SSSR count). The number of carbonyl (C=O) groups is 1. The first-order valence-electron chi connectivity index (χ1n) is 11.3. The van der Waals surface area contributed by atoms with E-state index in [0.29, 0.717) is 12.3 Å². The SMILES string of the molecule is CN=C(NCc1ccc(CN2CCc3ccccc32)cc1)N1CCCC(CC(N)=O)C1.I. The molecule has 2 aromatic rings. The molecule has 0 aliphatic carbocycles. The molecule has 7 heteroatoms. The summed E-state index contributed by atoms with van der Waals surface area (Å²) in [7, 11) is 1.82. The lowest BCUT2D eigenvalue weighted by atomic mass is 9.95. The number of likely N-dealkylation sites (tertiary alicyclic amines) is 1. The predicted molar refractivity (Wildman–Crippen MR) is 141 cm³/mol. The summed E-state index contributed by atoms with van der Waals surface area (Å²) < 4.78 is 0. The lowest BCUT2D eigenvalue weighted by molar-refractivity contribution is -0.119. The lowest BCUT2D eigenvalue weighted by Gasteiger charge is -2.34. The van der Waals surface area contributed by atoms with Crippen molar-refractivity contribution in [1.29, 1.82) is 0 Å². The first kappa shape index (κ1) is 24.4. The van der Waals surface area contributed by atoms with Crippen LogP contribution in [0.5, 0.6) is 0 Å². The molecule has 2 aliphatic rings. The van der Waals surface area contributed by atoms with Crippen LogP contribution in [-0.2, 0) is 24.3 Å². The molecule has 172 valence electrons. The number of nitrogens with zero attached hydrogens (tertiary/aromatic N) is 3. The Morgan fingerprint density at radius 3 is 2.62 bits per heavy atom. The highest BCUT2D eigenvalue weighted by Crippen LogP contribution is 2.28. The maximum Gasteiger partial charge on any atom is 0.217 e. The van der Waals surface area contributed by atoms with Gasteiger partial charge in [-0.1, -0.05) is 42.5 Å². The number of hydrogen-bond acceptors (Lipinski definition) is 3. The van der Waals surface area contributed by atoms with E-state index in [1.165, 1.54) is 22.4 Å². The van der Waals surface area contributed by atoms with E-state index < -0.39 is 0 Å². The number of fused-ring (bicyclic) bond motifs is 1. The van der Waals surface area contributed by atoms with Crippen molar-refractivity contribution in [3.63, 3.8) is 0 Å². The van der Waals surface area contributed by atoms with Gasteiger partial charge in [0.2, 0.25) is 5.91 Å². The summed E-state index contributed by atoms with van der Waals surface area (Å²) in [6.45, 7) is 4.56. The van der Waals surface area contributed by atoms with Gasteiger partial charge in [-0.15, -0.1) is 24.0 Å². The van der Waals surface area contributed by atoms with E-state index in [0.717, 1.165) is 57.9 Å². The van der Waals surface area contributed by atoms with Gasteiger partial charge in [0, 0.05) is 51.9 Å². The molecule has 1 amide bonds. The number of amides is 1. The number of aliphatic imine (C=N–C) groups is 1. The molecule has 3 N–H and O–H groups in total. The van der Waals surface area contributed by atoms with Crippen molar-refractivity contribution < 1.29 is 4.79 Å². The molecule has 1 fully saturated rings. The summed E-state index contributed by atoms with van der Waals surface area (Å²) in [5.74, 6) is 0.999. The zero-order valence-corrected chi connectivity index (χ0v) is 21.1. The molecule has 2 heterocycles. The van der Waals surface area contributed by atoms with Crippen molar-refractivity contribution >= 4 is 41.5 Å². The molecule has 0 radical (unpaired) electrons. The van der Waals surface area contributed by atoms with Crippen LogP contribution in [0.3, 0.4) is 0 Å². The van der Waals surface area contributed by atoms with E-state index in [9.17, 15) is 4.79 Å². The predicted octanol–water partition coefficient (Wildman–Crippen LogP) is 3.53. The summed E-state index contributed by atoms with van der Waals surface area (Å²) in [5.41, 5.74) is 10.8. The van der Waals surface area contributed by atoms with Gasteiger partial charge in [-0.05, 0) is 47.9 Å². The maximum absolute atomic E-state index is 11.3. The average molecular weight is 547 g/mol. The fourth-order valence-electron chi connectivity index (χ4n) is 4.78. The standard InChI is InChI=1S/C25H33N5O.HI/c1-27-25(30-13-4-5-21(18-30)15-24(26)31)28-16-19-8-10-20(11-9-19)17-29-14-12-22-6-2-3-7-23(22)29;/h2-3,6-11,21H,4-5,12-18H2,1H3,(H2,26,31)(H,27,28);1H. The topological polar surface area (TPSA) is 74.0 Å². The van der Waals surface area contributed by atoms with Crippen LogP contribution in [0, 0.1) is 5.92 Å². The van der Waals surface area contributed by atoms with Crippen LogP contribution in [0.25, 0.3) is 0 Å². The molecule has 2 aromatic carbocycles. The number of hydrogen-bond donors (Lipinski definition) is 2. The summed E-state index contributed by atoms with van der Waals surface area (Å²) in [6, 6.07) is 17.6. The molecule has 2 aliphatic heterocycles. The zero-order chi connectivity index (χ0) is 21.6. The van der Waals surface area contributed by atoms with Gasteiger partial charge in [0.1, 0.15) is 0 Å². The van der Waals surface area contributed by atoms with Crippen molar-refractivity contribution in [3.05, 3.63) is 65.2 Å². The fraction of sp³-hybridized carbons (Fsp3) is 0.440. The maximum atomic E-state index is 11.3. The Kier molecular flexibility index (Phi) is 8.78. The quantitative estimate of drug-likeness (QED) is 0.330. The third-order valence-electron chi connectivity index (χ3n) is 6.35. The van der Waals surface area contributed by atoms with Gasteiger partial charge in [0.15, 0.2) is 5.96 Å². The van der Waals surface area contributed by atoms with E-state index >= 15 is 0 Å². The first-order valence-corrected chi connectivity index (χ1v) is 11.3. The third kappa shape index (κ3) is 6.15. The molecule has 1 unspecified atom stereocenters. The molecular weight excluding hydrogens is 513 g/mol. The summed E-state index contributed by atoms with van der Waals surface area (Å²) >= 11 is 0. The molecular formula is C25H34IN5O. The third-order valence-corrected chi connectivity index (χ3v) is 6.35. The van der Waals surface area contributed by atoms with Gasteiger partial charge in [0.05, 0.1) is 0 Å². The second-order valence-corrected chi connectivity index (χ2v) is 8.64. The smallest absolute Gasteiger partial charge is 0.217 e. The van der Waals surface area contributed by atoms with Gasteiger partial charge >= 0.3 is 0 Å². The molecule has 32 heavy (non-hydrogen) atoms. The van der Waals surface area contributed by atoms with E-state index in [2.05, 4.69) is 68.6 Å². The Bertz CT molecular complexity index is 930. The minimum atomic E-state index is -0.215. The summed E-state index contributed by atoms with van der Waals surface area (Å²) in [5, 5.41) is 3.48.